The largest absolute Gasteiger partial charge is 0.459 e. The summed E-state index contributed by atoms with van der Waals surface area (Å²) in [7, 11) is 0. The molecule has 1 saturated heterocycles. The van der Waals surface area contributed by atoms with Crippen LogP contribution in [0.15, 0.2) is 78.9 Å². The number of ether oxygens (including phenoxy) is 1. The number of nitrogens with one attached hydrogen (secondary N) is 2. The highest BCUT2D eigenvalue weighted by molar-refractivity contribution is 5.98. The molecule has 0 bridgehead atoms. The number of rotatable bonds is 13. The molecule has 0 spiro atoms. The number of nitrogens with zero attached hydrogens (tertiary/aromatic N) is 1. The summed E-state index contributed by atoms with van der Waals surface area (Å²) in [5.74, 6) is -7.94. The van der Waals surface area contributed by atoms with Crippen LogP contribution in [0.25, 0.3) is 0 Å². The van der Waals surface area contributed by atoms with Crippen molar-refractivity contribution < 1.29 is 47.4 Å². The van der Waals surface area contributed by atoms with Gasteiger partial charge in [-0.25, -0.2) is 18.4 Å². The van der Waals surface area contributed by atoms with E-state index in [0.717, 1.165) is 17.7 Å². The Morgan fingerprint density at radius 1 is 0.958 bits per heavy atom. The third-order valence-corrected chi connectivity index (χ3v) is 7.90. The van der Waals surface area contributed by atoms with Gasteiger partial charge in [0, 0.05) is 19.0 Å². The maximum absolute atomic E-state index is 14.3. The van der Waals surface area contributed by atoms with Crippen molar-refractivity contribution in [3.8, 4) is 0 Å². The lowest BCUT2D eigenvalue weighted by Gasteiger charge is -2.29. The van der Waals surface area contributed by atoms with Gasteiger partial charge in [0.25, 0.3) is 11.8 Å². The second-order valence-electron chi connectivity index (χ2n) is 11.4. The van der Waals surface area contributed by atoms with Crippen LogP contribution in [0.3, 0.4) is 0 Å². The topological polar surface area (TPSA) is 151 Å². The van der Waals surface area contributed by atoms with Gasteiger partial charge in [0.2, 0.25) is 5.91 Å². The fourth-order valence-electron chi connectivity index (χ4n) is 5.41. The molecule has 3 amide bonds. The number of hydroxylamine groups is 1. The maximum Gasteiger partial charge on any atom is 0.361 e. The fraction of sp³-hybridized carbons (Fsp3) is 0.343. The summed E-state index contributed by atoms with van der Waals surface area (Å²) >= 11 is 0. The van der Waals surface area contributed by atoms with E-state index in [1.165, 1.54) is 4.90 Å². The van der Waals surface area contributed by atoms with Crippen molar-refractivity contribution in [3.63, 3.8) is 0 Å². The average molecular weight is 666 g/mol. The standard InChI is InChI=1S/C35H37F2N3O8/c1-2-10-26(33(44)40-18-9-15-29(40)34(45)47-21-23-13-7-4-8-14-23)30(41)35(46)48-39-32(43)28(19-22-11-5-3-6-12-22)38-31(42)25-17-16-24(36)20-27(25)37/h3-8,11-14,16-17,20,26,28-30,41H,2,9-10,15,18-19,21H2,1H3,(H,38,42)(H,39,43)/t26-,28+,29+,30+/m1/s1. The van der Waals surface area contributed by atoms with Gasteiger partial charge in [-0.05, 0) is 42.5 Å². The lowest BCUT2D eigenvalue weighted by atomic mass is 9.95. The van der Waals surface area contributed by atoms with Gasteiger partial charge in [0.15, 0.2) is 6.10 Å². The number of likely N-dealkylation sites (tertiary alicyclic amines) is 1. The van der Waals surface area contributed by atoms with Crippen LogP contribution in [0.5, 0.6) is 0 Å². The molecule has 3 aromatic carbocycles. The molecule has 3 aromatic rings. The zero-order valence-electron chi connectivity index (χ0n) is 26.3. The van der Waals surface area contributed by atoms with E-state index in [1.54, 1.807) is 61.5 Å². The van der Waals surface area contributed by atoms with Gasteiger partial charge in [-0.2, -0.15) is 5.48 Å². The molecule has 0 radical (unpaired) electrons. The molecule has 13 heteroatoms. The number of carbonyl (C=O) groups excluding carboxylic acids is 5. The average Bonchev–Trinajstić information content (AvgIpc) is 3.59. The van der Waals surface area contributed by atoms with Crippen molar-refractivity contribution in [3.05, 3.63) is 107 Å². The molecular formula is C35H37F2N3O8. The highest BCUT2D eigenvalue weighted by Gasteiger charge is 2.42. The number of benzene rings is 3. The summed E-state index contributed by atoms with van der Waals surface area (Å²) in [4.78, 5) is 71.5. The summed E-state index contributed by atoms with van der Waals surface area (Å²) in [6.45, 7) is 1.99. The molecule has 1 fully saturated rings. The maximum atomic E-state index is 14.3. The molecule has 3 N–H and O–H groups in total. The molecule has 48 heavy (non-hydrogen) atoms. The highest BCUT2D eigenvalue weighted by atomic mass is 19.1. The summed E-state index contributed by atoms with van der Waals surface area (Å²) in [5.41, 5.74) is 2.77. The molecule has 254 valence electrons. The van der Waals surface area contributed by atoms with E-state index < -0.39 is 71.0 Å². The first-order valence-corrected chi connectivity index (χ1v) is 15.6. The first-order chi connectivity index (χ1) is 23.1. The molecule has 0 aromatic heterocycles. The number of carbonyl (C=O) groups is 5. The normalized spacial score (nSPS) is 15.9. The summed E-state index contributed by atoms with van der Waals surface area (Å²) in [6, 6.07) is 17.6. The van der Waals surface area contributed by atoms with Gasteiger partial charge >= 0.3 is 11.9 Å². The van der Waals surface area contributed by atoms with Gasteiger partial charge in [-0.15, -0.1) is 0 Å². The molecule has 0 aliphatic carbocycles. The van der Waals surface area contributed by atoms with Gasteiger partial charge in [-0.1, -0.05) is 74.0 Å². The molecule has 1 aliphatic heterocycles. The van der Waals surface area contributed by atoms with Crippen LogP contribution < -0.4 is 10.8 Å². The quantitative estimate of drug-likeness (QED) is 0.186. The van der Waals surface area contributed by atoms with Crippen LogP contribution in [0.4, 0.5) is 8.78 Å². The van der Waals surface area contributed by atoms with E-state index in [4.69, 9.17) is 9.57 Å². The van der Waals surface area contributed by atoms with E-state index in [-0.39, 0.29) is 26.0 Å². The Bertz CT molecular complexity index is 1590. The SMILES string of the molecule is CCC[C@@H](C(=O)N1CCC[C@H]1C(=O)OCc1ccccc1)[C@H](O)C(=O)ONC(=O)[C@H](Cc1ccccc1)NC(=O)c1ccc(F)cc1F. The lowest BCUT2D eigenvalue weighted by Crippen LogP contribution is -2.51. The highest BCUT2D eigenvalue weighted by Crippen LogP contribution is 2.25. The Kier molecular flexibility index (Phi) is 12.7. The smallest absolute Gasteiger partial charge is 0.361 e. The molecule has 1 heterocycles. The van der Waals surface area contributed by atoms with E-state index in [9.17, 15) is 37.9 Å². The predicted molar refractivity (Wildman–Crippen MR) is 167 cm³/mol. The lowest BCUT2D eigenvalue weighted by molar-refractivity contribution is -0.173. The predicted octanol–water partition coefficient (Wildman–Crippen LogP) is 3.39. The Hall–Kier alpha value is -5.17. The van der Waals surface area contributed by atoms with E-state index in [0.29, 0.717) is 30.9 Å². The van der Waals surface area contributed by atoms with Crippen LogP contribution in [0, 0.1) is 17.6 Å². The third-order valence-electron chi connectivity index (χ3n) is 7.90. The fourth-order valence-corrected chi connectivity index (χ4v) is 5.41. The molecular weight excluding hydrogens is 628 g/mol. The van der Waals surface area contributed by atoms with Crippen LogP contribution >= 0.6 is 0 Å². The summed E-state index contributed by atoms with van der Waals surface area (Å²) in [5, 5.41) is 13.3. The first kappa shape index (κ1) is 35.7. The van der Waals surface area contributed by atoms with Crippen LogP contribution in [0.1, 0.15) is 54.1 Å². The molecule has 0 unspecified atom stereocenters. The molecule has 4 rings (SSSR count). The Balaban J connectivity index is 1.40. The van der Waals surface area contributed by atoms with Crippen molar-refractivity contribution in [1.82, 2.24) is 15.7 Å². The monoisotopic (exact) mass is 665 g/mol. The Morgan fingerprint density at radius 3 is 2.27 bits per heavy atom. The van der Waals surface area contributed by atoms with Crippen molar-refractivity contribution in [2.45, 2.75) is 63.8 Å². The number of amides is 3. The second-order valence-corrected chi connectivity index (χ2v) is 11.4. The van der Waals surface area contributed by atoms with E-state index in [2.05, 4.69) is 5.32 Å². The van der Waals surface area contributed by atoms with Gasteiger partial charge in [-0.3, -0.25) is 14.4 Å². The van der Waals surface area contributed by atoms with Crippen molar-refractivity contribution in [2.24, 2.45) is 5.92 Å². The molecule has 4 atom stereocenters. The number of halogens is 2. The number of hydrogen-bond acceptors (Lipinski definition) is 8. The van der Waals surface area contributed by atoms with E-state index in [1.807, 2.05) is 11.5 Å². The van der Waals surface area contributed by atoms with Crippen LogP contribution in [-0.2, 0) is 41.8 Å². The van der Waals surface area contributed by atoms with Crippen LogP contribution in [-0.4, -0.2) is 64.4 Å². The Labute approximate surface area is 276 Å². The van der Waals surface area contributed by atoms with E-state index >= 15 is 0 Å². The van der Waals surface area contributed by atoms with Crippen molar-refractivity contribution in [2.75, 3.05) is 6.54 Å². The van der Waals surface area contributed by atoms with Crippen molar-refractivity contribution >= 4 is 29.7 Å². The zero-order chi connectivity index (χ0) is 34.6. The second kappa shape index (κ2) is 17.1. The molecule has 11 nitrogen and oxygen atoms in total. The summed E-state index contributed by atoms with van der Waals surface area (Å²) < 4.78 is 33.1. The summed E-state index contributed by atoms with van der Waals surface area (Å²) in [6.07, 6.45) is -0.769. The Morgan fingerprint density at radius 2 is 1.62 bits per heavy atom. The third kappa shape index (κ3) is 9.44. The van der Waals surface area contributed by atoms with Gasteiger partial charge in [0.05, 0.1) is 11.5 Å². The van der Waals surface area contributed by atoms with Crippen molar-refractivity contribution in [1.29, 1.82) is 0 Å². The van der Waals surface area contributed by atoms with Gasteiger partial charge < -0.3 is 24.9 Å². The minimum atomic E-state index is -2.00. The first-order valence-electron chi connectivity index (χ1n) is 15.6. The zero-order valence-corrected chi connectivity index (χ0v) is 26.3. The minimum Gasteiger partial charge on any atom is -0.459 e. The number of esters is 1. The minimum absolute atomic E-state index is 0.0236. The van der Waals surface area contributed by atoms with Crippen LogP contribution in [0.2, 0.25) is 0 Å². The molecule has 0 saturated carbocycles. The number of aliphatic hydroxyl groups excluding tert-OH is 1. The number of hydrogen-bond donors (Lipinski definition) is 3. The molecule has 1 aliphatic rings. The van der Waals surface area contributed by atoms with Gasteiger partial charge in [0.1, 0.15) is 30.3 Å². The number of aliphatic hydroxyl groups is 1.